The molecular formula is C14H12ClIN2O3. The molecule has 1 N–H and O–H groups in total. The minimum absolute atomic E-state index is 0.172. The standard InChI is InChI=1S/C14H12ClIN2O3/c1-7-10(6-13(19)20)8(2)18(14(21)17-7)12-4-3-9(15)5-11(12)16/h3-5H,6H2,1-2H3,(H,19,20). The van der Waals surface area contributed by atoms with Crippen LogP contribution in [0.4, 0.5) is 0 Å². The van der Waals surface area contributed by atoms with Crippen molar-refractivity contribution < 1.29 is 9.90 Å². The van der Waals surface area contributed by atoms with Gasteiger partial charge in [-0.1, -0.05) is 11.6 Å². The van der Waals surface area contributed by atoms with E-state index < -0.39 is 11.7 Å². The summed E-state index contributed by atoms with van der Waals surface area (Å²) in [6.07, 6.45) is -0.172. The van der Waals surface area contributed by atoms with Crippen molar-refractivity contribution in [2.45, 2.75) is 20.3 Å². The monoisotopic (exact) mass is 418 g/mol. The van der Waals surface area contributed by atoms with Crippen LogP contribution in [0, 0.1) is 17.4 Å². The molecule has 21 heavy (non-hydrogen) atoms. The van der Waals surface area contributed by atoms with Crippen LogP contribution < -0.4 is 5.69 Å². The van der Waals surface area contributed by atoms with Crippen molar-refractivity contribution in [1.82, 2.24) is 9.55 Å². The number of carbonyl (C=O) groups is 1. The molecule has 1 heterocycles. The number of aliphatic carboxylic acids is 1. The van der Waals surface area contributed by atoms with E-state index in [2.05, 4.69) is 27.6 Å². The van der Waals surface area contributed by atoms with E-state index in [1.807, 2.05) is 0 Å². The summed E-state index contributed by atoms with van der Waals surface area (Å²) in [4.78, 5) is 27.1. The third kappa shape index (κ3) is 3.26. The van der Waals surface area contributed by atoms with E-state index in [0.29, 0.717) is 27.7 Å². The van der Waals surface area contributed by atoms with Gasteiger partial charge in [0.25, 0.3) is 0 Å². The normalized spacial score (nSPS) is 10.7. The first kappa shape index (κ1) is 16.0. The average molecular weight is 419 g/mol. The molecule has 0 saturated carbocycles. The molecular weight excluding hydrogens is 407 g/mol. The number of aromatic nitrogens is 2. The zero-order valence-corrected chi connectivity index (χ0v) is 14.3. The van der Waals surface area contributed by atoms with Crippen LogP contribution in [0.1, 0.15) is 17.0 Å². The molecule has 2 rings (SSSR count). The highest BCUT2D eigenvalue weighted by Crippen LogP contribution is 2.23. The number of nitrogens with zero attached hydrogens (tertiary/aromatic N) is 2. The molecule has 7 heteroatoms. The van der Waals surface area contributed by atoms with E-state index in [-0.39, 0.29) is 6.42 Å². The lowest BCUT2D eigenvalue weighted by Crippen LogP contribution is -2.27. The Morgan fingerprint density at radius 3 is 2.67 bits per heavy atom. The van der Waals surface area contributed by atoms with Gasteiger partial charge in [0.05, 0.1) is 12.1 Å². The lowest BCUT2D eigenvalue weighted by Gasteiger charge is -2.15. The zero-order valence-electron chi connectivity index (χ0n) is 11.4. The molecule has 0 bridgehead atoms. The van der Waals surface area contributed by atoms with Crippen LogP contribution in [0.2, 0.25) is 5.02 Å². The van der Waals surface area contributed by atoms with E-state index in [1.165, 1.54) is 4.57 Å². The molecule has 0 spiro atoms. The predicted molar refractivity (Wildman–Crippen MR) is 88.4 cm³/mol. The van der Waals surface area contributed by atoms with Gasteiger partial charge in [-0.2, -0.15) is 4.98 Å². The van der Waals surface area contributed by atoms with E-state index >= 15 is 0 Å². The second-order valence-electron chi connectivity index (χ2n) is 4.55. The number of benzene rings is 1. The SMILES string of the molecule is Cc1nc(=O)n(-c2ccc(Cl)cc2I)c(C)c1CC(=O)O. The van der Waals surface area contributed by atoms with Gasteiger partial charge in [-0.3, -0.25) is 9.36 Å². The fourth-order valence-electron chi connectivity index (χ4n) is 2.15. The van der Waals surface area contributed by atoms with Gasteiger partial charge in [0.1, 0.15) is 0 Å². The smallest absolute Gasteiger partial charge is 0.352 e. The van der Waals surface area contributed by atoms with Gasteiger partial charge < -0.3 is 5.11 Å². The highest BCUT2D eigenvalue weighted by molar-refractivity contribution is 14.1. The molecule has 0 atom stereocenters. The lowest BCUT2D eigenvalue weighted by atomic mass is 10.1. The summed E-state index contributed by atoms with van der Waals surface area (Å²) in [7, 11) is 0. The fraction of sp³-hybridized carbons (Fsp3) is 0.214. The van der Waals surface area contributed by atoms with Gasteiger partial charge in [-0.15, -0.1) is 0 Å². The minimum Gasteiger partial charge on any atom is -0.481 e. The Hall–Kier alpha value is -1.41. The summed E-state index contributed by atoms with van der Waals surface area (Å²) in [5, 5.41) is 9.57. The quantitative estimate of drug-likeness (QED) is 0.778. The van der Waals surface area contributed by atoms with Gasteiger partial charge in [-0.05, 0) is 54.6 Å². The van der Waals surface area contributed by atoms with Crippen molar-refractivity contribution in [1.29, 1.82) is 0 Å². The summed E-state index contributed by atoms with van der Waals surface area (Å²) in [6, 6.07) is 5.14. The van der Waals surface area contributed by atoms with Crippen molar-refractivity contribution in [3.05, 3.63) is 54.2 Å². The molecule has 1 aromatic heterocycles. The molecule has 0 unspecified atom stereocenters. The van der Waals surface area contributed by atoms with E-state index in [9.17, 15) is 9.59 Å². The highest BCUT2D eigenvalue weighted by atomic mass is 127. The topological polar surface area (TPSA) is 72.2 Å². The number of hydrogen-bond acceptors (Lipinski definition) is 3. The second-order valence-corrected chi connectivity index (χ2v) is 6.14. The van der Waals surface area contributed by atoms with Gasteiger partial charge >= 0.3 is 11.7 Å². The summed E-state index contributed by atoms with van der Waals surface area (Å²) in [5.41, 5.74) is 1.78. The molecule has 5 nitrogen and oxygen atoms in total. The Bertz CT molecular complexity index is 787. The van der Waals surface area contributed by atoms with Crippen molar-refractivity contribution in [3.8, 4) is 5.69 Å². The maximum Gasteiger partial charge on any atom is 0.352 e. The van der Waals surface area contributed by atoms with Crippen molar-refractivity contribution in [2.75, 3.05) is 0 Å². The molecule has 110 valence electrons. The van der Waals surface area contributed by atoms with Crippen molar-refractivity contribution >= 4 is 40.2 Å². The third-order valence-electron chi connectivity index (χ3n) is 3.14. The number of rotatable bonds is 3. The predicted octanol–water partition coefficient (Wildman–Crippen LogP) is 2.73. The number of aryl methyl sites for hydroxylation is 1. The molecule has 0 saturated heterocycles. The molecule has 0 aliphatic rings. The number of halogens is 2. The third-order valence-corrected chi connectivity index (χ3v) is 4.24. The van der Waals surface area contributed by atoms with Crippen LogP contribution in [-0.2, 0) is 11.2 Å². The average Bonchev–Trinajstić information content (AvgIpc) is 2.36. The van der Waals surface area contributed by atoms with E-state index in [4.69, 9.17) is 16.7 Å². The first-order chi connectivity index (χ1) is 9.81. The Morgan fingerprint density at radius 1 is 1.43 bits per heavy atom. The first-order valence-electron chi connectivity index (χ1n) is 6.07. The maximum atomic E-state index is 12.2. The molecule has 2 aromatic rings. The van der Waals surface area contributed by atoms with Crippen LogP contribution >= 0.6 is 34.2 Å². The van der Waals surface area contributed by atoms with Crippen molar-refractivity contribution in [2.24, 2.45) is 0 Å². The van der Waals surface area contributed by atoms with Gasteiger partial charge in [0.15, 0.2) is 0 Å². The van der Waals surface area contributed by atoms with Crippen LogP contribution in [0.5, 0.6) is 0 Å². The van der Waals surface area contributed by atoms with Crippen molar-refractivity contribution in [3.63, 3.8) is 0 Å². The maximum absolute atomic E-state index is 12.2. The van der Waals surface area contributed by atoms with E-state index in [0.717, 1.165) is 3.57 Å². The Kier molecular flexibility index (Phi) is 4.67. The van der Waals surface area contributed by atoms with E-state index in [1.54, 1.807) is 32.0 Å². The molecule has 1 aromatic carbocycles. The summed E-state index contributed by atoms with van der Waals surface area (Å²) in [5.74, 6) is -0.959. The summed E-state index contributed by atoms with van der Waals surface area (Å²) >= 11 is 8.00. The van der Waals surface area contributed by atoms with Gasteiger partial charge in [0.2, 0.25) is 0 Å². The molecule has 0 aliphatic carbocycles. The second kappa shape index (κ2) is 6.15. The van der Waals surface area contributed by atoms with Crippen LogP contribution in [-0.4, -0.2) is 20.6 Å². The van der Waals surface area contributed by atoms with Gasteiger partial charge in [-0.25, -0.2) is 4.79 Å². The van der Waals surface area contributed by atoms with Crippen LogP contribution in [0.3, 0.4) is 0 Å². The van der Waals surface area contributed by atoms with Gasteiger partial charge in [0, 0.05) is 25.5 Å². The van der Waals surface area contributed by atoms with Crippen LogP contribution in [0.15, 0.2) is 23.0 Å². The molecule has 0 fully saturated rings. The largest absolute Gasteiger partial charge is 0.481 e. The Balaban J connectivity index is 2.74. The molecule has 0 amide bonds. The molecule has 0 radical (unpaired) electrons. The highest BCUT2D eigenvalue weighted by Gasteiger charge is 2.16. The van der Waals surface area contributed by atoms with Crippen LogP contribution in [0.25, 0.3) is 5.69 Å². The fourth-order valence-corrected chi connectivity index (χ4v) is 3.27. The first-order valence-corrected chi connectivity index (χ1v) is 7.53. The minimum atomic E-state index is -0.959. The number of carboxylic acids is 1. The summed E-state index contributed by atoms with van der Waals surface area (Å²) in [6.45, 7) is 3.36. The Morgan fingerprint density at radius 2 is 2.10 bits per heavy atom. The Labute approximate surface area is 139 Å². The molecule has 0 aliphatic heterocycles. The summed E-state index contributed by atoms with van der Waals surface area (Å²) < 4.78 is 2.21. The number of carboxylic acid groups (broad SMARTS) is 1. The number of hydrogen-bond donors (Lipinski definition) is 1. The zero-order chi connectivity index (χ0) is 15.7. The lowest BCUT2D eigenvalue weighted by molar-refractivity contribution is -0.136.